The number of allylic oxidation sites excluding steroid dienone is 2. The first kappa shape index (κ1) is 24.8. The van der Waals surface area contributed by atoms with E-state index in [-0.39, 0.29) is 17.6 Å². The first-order chi connectivity index (χ1) is 15.1. The molecule has 0 amide bonds. The SMILES string of the molecule is CCCCCCCC/C=C\CCCCCCCC(=O)ON1C(=N)c2ccccc2C1=N. The van der Waals surface area contributed by atoms with Crippen LogP contribution in [0.1, 0.15) is 108 Å². The van der Waals surface area contributed by atoms with Crippen molar-refractivity contribution in [3.63, 3.8) is 0 Å². The van der Waals surface area contributed by atoms with Gasteiger partial charge in [0.05, 0.1) is 0 Å². The maximum absolute atomic E-state index is 12.1. The molecule has 31 heavy (non-hydrogen) atoms. The Morgan fingerprint density at radius 2 is 1.29 bits per heavy atom. The zero-order valence-corrected chi connectivity index (χ0v) is 19.1. The van der Waals surface area contributed by atoms with Crippen LogP contribution in [0.3, 0.4) is 0 Å². The molecule has 170 valence electrons. The van der Waals surface area contributed by atoms with Crippen LogP contribution in [0.15, 0.2) is 36.4 Å². The summed E-state index contributed by atoms with van der Waals surface area (Å²) in [5.74, 6) is -0.267. The lowest BCUT2D eigenvalue weighted by Crippen LogP contribution is -2.32. The minimum atomic E-state index is -0.375. The number of hydrogen-bond acceptors (Lipinski definition) is 4. The van der Waals surface area contributed by atoms with Gasteiger partial charge in [-0.2, -0.15) is 0 Å². The van der Waals surface area contributed by atoms with E-state index in [0.717, 1.165) is 30.7 Å². The number of hydrogen-bond donors (Lipinski definition) is 2. The average molecular weight is 426 g/mol. The highest BCUT2D eigenvalue weighted by atomic mass is 16.7. The molecule has 0 bridgehead atoms. The molecular formula is C26H39N3O2. The van der Waals surface area contributed by atoms with Gasteiger partial charge in [0.25, 0.3) is 0 Å². The van der Waals surface area contributed by atoms with E-state index in [1.54, 1.807) is 12.1 Å². The van der Waals surface area contributed by atoms with Gasteiger partial charge in [-0.3, -0.25) is 10.8 Å². The van der Waals surface area contributed by atoms with Gasteiger partial charge in [-0.1, -0.05) is 94.7 Å². The first-order valence-electron chi connectivity index (χ1n) is 12.1. The third-order valence-electron chi connectivity index (χ3n) is 5.68. The maximum atomic E-state index is 12.1. The number of fused-ring (bicyclic) bond motifs is 1. The van der Waals surface area contributed by atoms with Gasteiger partial charge in [-0.15, -0.1) is 5.06 Å². The molecule has 5 heteroatoms. The van der Waals surface area contributed by atoms with E-state index in [0.29, 0.717) is 17.5 Å². The van der Waals surface area contributed by atoms with Crippen molar-refractivity contribution < 1.29 is 9.63 Å². The number of carbonyl (C=O) groups excluding carboxylic acids is 1. The summed E-state index contributed by atoms with van der Waals surface area (Å²) in [6.07, 6.45) is 20.8. The zero-order valence-electron chi connectivity index (χ0n) is 19.1. The first-order valence-corrected chi connectivity index (χ1v) is 12.1. The highest BCUT2D eigenvalue weighted by molar-refractivity contribution is 6.22. The number of hydroxylamine groups is 2. The van der Waals surface area contributed by atoms with Crippen LogP contribution < -0.4 is 0 Å². The van der Waals surface area contributed by atoms with Crippen molar-refractivity contribution in [1.82, 2.24) is 5.06 Å². The molecule has 0 aliphatic carbocycles. The number of benzene rings is 1. The number of amidine groups is 2. The second-order valence-electron chi connectivity index (χ2n) is 8.33. The lowest BCUT2D eigenvalue weighted by Gasteiger charge is -2.16. The van der Waals surface area contributed by atoms with Crippen LogP contribution in [-0.4, -0.2) is 22.7 Å². The Morgan fingerprint density at radius 3 is 1.84 bits per heavy atom. The van der Waals surface area contributed by atoms with Crippen LogP contribution >= 0.6 is 0 Å². The smallest absolute Gasteiger partial charge is 0.333 e. The van der Waals surface area contributed by atoms with Crippen molar-refractivity contribution in [3.05, 3.63) is 47.5 Å². The second kappa shape index (κ2) is 14.6. The molecule has 0 aromatic heterocycles. The third kappa shape index (κ3) is 8.68. The highest BCUT2D eigenvalue weighted by Crippen LogP contribution is 2.23. The largest absolute Gasteiger partial charge is 0.333 e. The van der Waals surface area contributed by atoms with Crippen molar-refractivity contribution in [2.45, 2.75) is 96.8 Å². The Kier molecular flexibility index (Phi) is 11.7. The van der Waals surface area contributed by atoms with Gasteiger partial charge in [0.1, 0.15) is 0 Å². The number of rotatable bonds is 16. The summed E-state index contributed by atoms with van der Waals surface area (Å²) in [7, 11) is 0. The second-order valence-corrected chi connectivity index (χ2v) is 8.33. The summed E-state index contributed by atoms with van der Waals surface area (Å²) in [6, 6.07) is 7.17. The zero-order chi connectivity index (χ0) is 22.3. The van der Waals surface area contributed by atoms with Crippen LogP contribution in [-0.2, 0) is 9.63 Å². The Bertz CT molecular complexity index is 707. The molecule has 0 saturated carbocycles. The minimum absolute atomic E-state index is 0.0542. The molecule has 0 saturated heterocycles. The van der Waals surface area contributed by atoms with Gasteiger partial charge in [0.15, 0.2) is 11.7 Å². The summed E-state index contributed by atoms with van der Waals surface area (Å²) in [4.78, 5) is 17.4. The molecule has 0 unspecified atom stereocenters. The van der Waals surface area contributed by atoms with E-state index in [4.69, 9.17) is 15.7 Å². The maximum Gasteiger partial charge on any atom is 0.333 e. The van der Waals surface area contributed by atoms with Crippen molar-refractivity contribution in [2.24, 2.45) is 0 Å². The Labute approximate surface area is 187 Å². The van der Waals surface area contributed by atoms with Crippen LogP contribution in [0.5, 0.6) is 0 Å². The Hall–Kier alpha value is -2.43. The summed E-state index contributed by atoms with van der Waals surface area (Å²) in [5.41, 5.74) is 1.25. The molecular weight excluding hydrogens is 386 g/mol. The van der Waals surface area contributed by atoms with Gasteiger partial charge in [-0.25, -0.2) is 4.79 Å². The molecule has 2 rings (SSSR count). The van der Waals surface area contributed by atoms with E-state index < -0.39 is 0 Å². The predicted molar refractivity (Wildman–Crippen MR) is 127 cm³/mol. The van der Waals surface area contributed by atoms with Crippen molar-refractivity contribution in [2.75, 3.05) is 0 Å². The predicted octanol–water partition coefficient (Wildman–Crippen LogP) is 7.15. The molecule has 1 heterocycles. The molecule has 0 atom stereocenters. The van der Waals surface area contributed by atoms with E-state index in [9.17, 15) is 4.79 Å². The third-order valence-corrected chi connectivity index (χ3v) is 5.68. The van der Waals surface area contributed by atoms with Gasteiger partial charge >= 0.3 is 5.97 Å². The van der Waals surface area contributed by atoms with Crippen LogP contribution in [0, 0.1) is 10.8 Å². The molecule has 1 aromatic rings. The highest BCUT2D eigenvalue weighted by Gasteiger charge is 2.32. The quantitative estimate of drug-likeness (QED) is 0.218. The molecule has 0 spiro atoms. The normalized spacial score (nSPS) is 13.3. The molecule has 5 nitrogen and oxygen atoms in total. The van der Waals surface area contributed by atoms with Gasteiger partial charge < -0.3 is 4.84 Å². The monoisotopic (exact) mass is 425 g/mol. The molecule has 1 aliphatic heterocycles. The van der Waals surface area contributed by atoms with E-state index in [1.165, 1.54) is 57.8 Å². The summed E-state index contributed by atoms with van der Waals surface area (Å²) < 4.78 is 0. The number of carbonyl (C=O) groups is 1. The lowest BCUT2D eigenvalue weighted by molar-refractivity contribution is -0.162. The standard InChI is InChI=1S/C26H39N3O2/c1-2-3-4-5-6-7-8-9-10-11-12-13-14-15-16-21-24(30)31-29-25(27)22-19-17-18-20-23(22)26(29)28/h9-10,17-20,27-28H,2-8,11-16,21H2,1H3/b10-9-,27-25?,28-26?. The average Bonchev–Trinajstić information content (AvgIpc) is 3.01. The van der Waals surface area contributed by atoms with Crippen LogP contribution in [0.4, 0.5) is 0 Å². The fourth-order valence-electron chi connectivity index (χ4n) is 3.81. The van der Waals surface area contributed by atoms with Crippen molar-refractivity contribution in [3.8, 4) is 0 Å². The Balaban J connectivity index is 1.45. The van der Waals surface area contributed by atoms with Crippen LogP contribution in [0.2, 0.25) is 0 Å². The molecule has 2 N–H and O–H groups in total. The summed E-state index contributed by atoms with van der Waals surface area (Å²) >= 11 is 0. The molecule has 0 radical (unpaired) electrons. The van der Waals surface area contributed by atoms with Crippen molar-refractivity contribution in [1.29, 1.82) is 10.8 Å². The number of unbranched alkanes of at least 4 members (excludes halogenated alkanes) is 11. The van der Waals surface area contributed by atoms with Gasteiger partial charge in [-0.05, 0) is 32.1 Å². The summed E-state index contributed by atoms with van der Waals surface area (Å²) in [5, 5.41) is 17.2. The van der Waals surface area contributed by atoms with Crippen molar-refractivity contribution >= 4 is 17.6 Å². The van der Waals surface area contributed by atoms with E-state index in [2.05, 4.69) is 19.1 Å². The summed E-state index contributed by atoms with van der Waals surface area (Å²) in [6.45, 7) is 2.26. The Morgan fingerprint density at radius 1 is 0.806 bits per heavy atom. The minimum Gasteiger partial charge on any atom is -0.333 e. The molecule has 0 fully saturated rings. The van der Waals surface area contributed by atoms with E-state index >= 15 is 0 Å². The van der Waals surface area contributed by atoms with Gasteiger partial charge in [0.2, 0.25) is 0 Å². The molecule has 1 aliphatic rings. The van der Waals surface area contributed by atoms with E-state index in [1.807, 2.05) is 12.1 Å². The fourth-order valence-corrected chi connectivity index (χ4v) is 3.81. The number of nitrogens with one attached hydrogen (secondary N) is 2. The fraction of sp³-hybridized carbons (Fsp3) is 0.577. The topological polar surface area (TPSA) is 77.2 Å². The lowest BCUT2D eigenvalue weighted by atomic mass is 10.1. The van der Waals surface area contributed by atoms with Gasteiger partial charge in [0, 0.05) is 17.5 Å². The number of nitrogens with zero attached hydrogens (tertiary/aromatic N) is 1. The molecule has 1 aromatic carbocycles. The van der Waals surface area contributed by atoms with Crippen LogP contribution in [0.25, 0.3) is 0 Å².